The molecule has 2 aliphatic carbocycles. The second-order valence-electron chi connectivity index (χ2n) is 7.57. The van der Waals surface area contributed by atoms with Gasteiger partial charge in [-0.15, -0.1) is 12.4 Å². The fourth-order valence-electron chi connectivity index (χ4n) is 4.48. The van der Waals surface area contributed by atoms with Gasteiger partial charge < -0.3 is 15.8 Å². The maximum atomic E-state index is 12.5. The number of fused-ring (bicyclic) bond motifs is 2. The van der Waals surface area contributed by atoms with Crippen molar-refractivity contribution in [3.63, 3.8) is 0 Å². The molecule has 3 N–H and O–H groups in total. The first-order valence-electron chi connectivity index (χ1n) is 9.49. The van der Waals surface area contributed by atoms with E-state index in [2.05, 4.69) is 5.32 Å². The summed E-state index contributed by atoms with van der Waals surface area (Å²) in [6.07, 6.45) is 3.48. The number of ether oxygens (including phenoxy) is 1. The summed E-state index contributed by atoms with van der Waals surface area (Å²) in [5, 5.41) is 3.07. The zero-order valence-corrected chi connectivity index (χ0v) is 16.2. The Kier molecular flexibility index (Phi) is 6.40. The molecule has 2 aromatic rings. The van der Waals surface area contributed by atoms with Crippen molar-refractivity contribution in [2.24, 2.45) is 23.5 Å². The Labute approximate surface area is 166 Å². The largest absolute Gasteiger partial charge is 0.489 e. The maximum Gasteiger partial charge on any atom is 0.225 e. The molecular weight excluding hydrogens is 360 g/mol. The van der Waals surface area contributed by atoms with Gasteiger partial charge in [-0.2, -0.15) is 0 Å². The summed E-state index contributed by atoms with van der Waals surface area (Å²) < 4.78 is 5.80. The fraction of sp³-hybridized carbons (Fsp3) is 0.409. The summed E-state index contributed by atoms with van der Waals surface area (Å²) >= 11 is 0. The van der Waals surface area contributed by atoms with Gasteiger partial charge in [0.05, 0.1) is 5.92 Å². The van der Waals surface area contributed by atoms with Crippen LogP contribution in [-0.4, -0.2) is 11.9 Å². The molecule has 2 aromatic carbocycles. The van der Waals surface area contributed by atoms with Crippen molar-refractivity contribution in [2.75, 3.05) is 0 Å². The molecule has 0 aromatic heterocycles. The zero-order chi connectivity index (χ0) is 17.9. The van der Waals surface area contributed by atoms with Gasteiger partial charge >= 0.3 is 0 Å². The van der Waals surface area contributed by atoms with Crippen molar-refractivity contribution >= 4 is 18.3 Å². The minimum atomic E-state index is 0. The second-order valence-corrected chi connectivity index (χ2v) is 7.57. The van der Waals surface area contributed by atoms with E-state index in [0.29, 0.717) is 25.0 Å². The molecule has 4 atom stereocenters. The first-order valence-corrected chi connectivity index (χ1v) is 9.49. The highest BCUT2D eigenvalue weighted by molar-refractivity contribution is 5.85. The van der Waals surface area contributed by atoms with E-state index >= 15 is 0 Å². The summed E-state index contributed by atoms with van der Waals surface area (Å²) in [5.74, 6) is 2.00. The van der Waals surface area contributed by atoms with Gasteiger partial charge in [-0.3, -0.25) is 4.79 Å². The van der Waals surface area contributed by atoms with Crippen LogP contribution in [0.25, 0.3) is 0 Å². The summed E-state index contributed by atoms with van der Waals surface area (Å²) in [6, 6.07) is 18.1. The molecule has 4 nitrogen and oxygen atoms in total. The number of benzene rings is 2. The molecule has 2 bridgehead atoms. The number of halogens is 1. The number of carbonyl (C=O) groups is 1. The smallest absolute Gasteiger partial charge is 0.225 e. The highest BCUT2D eigenvalue weighted by Crippen LogP contribution is 2.47. The van der Waals surface area contributed by atoms with Crippen molar-refractivity contribution in [3.05, 3.63) is 65.7 Å². The van der Waals surface area contributed by atoms with E-state index < -0.39 is 0 Å². The maximum absolute atomic E-state index is 12.5. The first kappa shape index (κ1) is 19.7. The van der Waals surface area contributed by atoms with Gasteiger partial charge in [0.2, 0.25) is 5.91 Å². The lowest BCUT2D eigenvalue weighted by molar-refractivity contribution is -0.127. The number of hydrogen-bond acceptors (Lipinski definition) is 3. The van der Waals surface area contributed by atoms with Crippen LogP contribution in [-0.2, 0) is 17.9 Å². The highest BCUT2D eigenvalue weighted by atomic mass is 35.5. The number of hydrogen-bond donors (Lipinski definition) is 2. The molecule has 2 aliphatic rings. The summed E-state index contributed by atoms with van der Waals surface area (Å²) in [4.78, 5) is 12.5. The lowest BCUT2D eigenvalue weighted by Crippen LogP contribution is -2.45. The molecular formula is C22H27ClN2O2. The molecule has 0 saturated heterocycles. The number of rotatable bonds is 6. The minimum Gasteiger partial charge on any atom is -0.489 e. The molecule has 27 heavy (non-hydrogen) atoms. The second kappa shape index (κ2) is 8.77. The van der Waals surface area contributed by atoms with Gasteiger partial charge in [-0.25, -0.2) is 0 Å². The molecule has 4 unspecified atom stereocenters. The number of amides is 1. The van der Waals surface area contributed by atoms with E-state index in [1.807, 2.05) is 54.6 Å². The van der Waals surface area contributed by atoms with Crippen LogP contribution in [0.4, 0.5) is 0 Å². The Balaban J connectivity index is 0.00000210. The third-order valence-electron chi connectivity index (χ3n) is 5.92. The average molecular weight is 387 g/mol. The molecule has 0 heterocycles. The highest BCUT2D eigenvalue weighted by Gasteiger charge is 2.48. The van der Waals surface area contributed by atoms with Crippen molar-refractivity contribution in [2.45, 2.75) is 38.5 Å². The van der Waals surface area contributed by atoms with Gasteiger partial charge in [0, 0.05) is 12.6 Å². The van der Waals surface area contributed by atoms with Crippen LogP contribution >= 0.6 is 12.4 Å². The van der Waals surface area contributed by atoms with Gasteiger partial charge in [-0.1, -0.05) is 42.5 Å². The van der Waals surface area contributed by atoms with Crippen LogP contribution in [0.15, 0.2) is 54.6 Å². The van der Waals surface area contributed by atoms with Gasteiger partial charge in [0.25, 0.3) is 0 Å². The SMILES string of the molecule is Cl.NC1C2CCC(C2)C1C(=O)NCc1ccc(OCc2ccccc2)cc1. The number of carbonyl (C=O) groups excluding carboxylic acids is 1. The quantitative estimate of drug-likeness (QED) is 0.796. The predicted octanol–water partition coefficient (Wildman–Crippen LogP) is 3.68. The fourth-order valence-corrected chi connectivity index (χ4v) is 4.48. The Morgan fingerprint density at radius 2 is 1.70 bits per heavy atom. The molecule has 0 radical (unpaired) electrons. The molecule has 144 valence electrons. The summed E-state index contributed by atoms with van der Waals surface area (Å²) in [7, 11) is 0. The van der Waals surface area contributed by atoms with Crippen LogP contribution in [0.1, 0.15) is 30.4 Å². The van der Waals surface area contributed by atoms with Crippen molar-refractivity contribution in [1.82, 2.24) is 5.32 Å². The van der Waals surface area contributed by atoms with Crippen LogP contribution in [0.5, 0.6) is 5.75 Å². The molecule has 2 fully saturated rings. The third-order valence-corrected chi connectivity index (χ3v) is 5.92. The Hall–Kier alpha value is -2.04. The predicted molar refractivity (Wildman–Crippen MR) is 109 cm³/mol. The molecule has 1 amide bonds. The van der Waals surface area contributed by atoms with Crippen molar-refractivity contribution < 1.29 is 9.53 Å². The Morgan fingerprint density at radius 1 is 1.00 bits per heavy atom. The van der Waals surface area contributed by atoms with Crippen LogP contribution < -0.4 is 15.8 Å². The van der Waals surface area contributed by atoms with E-state index in [1.54, 1.807) is 0 Å². The van der Waals surface area contributed by atoms with E-state index in [0.717, 1.165) is 29.7 Å². The van der Waals surface area contributed by atoms with Crippen molar-refractivity contribution in [1.29, 1.82) is 0 Å². The monoisotopic (exact) mass is 386 g/mol. The van der Waals surface area contributed by atoms with Crippen LogP contribution in [0, 0.1) is 17.8 Å². The molecule has 2 saturated carbocycles. The first-order chi connectivity index (χ1) is 12.7. The van der Waals surface area contributed by atoms with Crippen molar-refractivity contribution in [3.8, 4) is 5.75 Å². The van der Waals surface area contributed by atoms with E-state index in [-0.39, 0.29) is 30.3 Å². The van der Waals surface area contributed by atoms with Crippen LogP contribution in [0.3, 0.4) is 0 Å². The van der Waals surface area contributed by atoms with E-state index in [1.165, 1.54) is 6.42 Å². The standard InChI is InChI=1S/C22H26N2O2.ClH/c23-21-18-9-8-17(12-18)20(21)22(25)24-13-15-6-10-19(11-7-15)26-14-16-4-2-1-3-5-16;/h1-7,10-11,17-18,20-21H,8-9,12-14,23H2,(H,24,25);1H. The summed E-state index contributed by atoms with van der Waals surface area (Å²) in [6.45, 7) is 1.09. The topological polar surface area (TPSA) is 64.4 Å². The molecule has 4 rings (SSSR count). The number of nitrogens with one attached hydrogen (secondary N) is 1. The lowest BCUT2D eigenvalue weighted by atomic mass is 9.84. The average Bonchev–Trinajstić information content (AvgIpc) is 3.27. The van der Waals surface area contributed by atoms with Crippen LogP contribution in [0.2, 0.25) is 0 Å². The molecule has 0 spiro atoms. The summed E-state index contributed by atoms with van der Waals surface area (Å²) in [5.41, 5.74) is 8.47. The normalized spacial score (nSPS) is 25.7. The number of nitrogens with two attached hydrogens (primary N) is 1. The lowest BCUT2D eigenvalue weighted by Gasteiger charge is -2.27. The van der Waals surface area contributed by atoms with Gasteiger partial charge in [0.1, 0.15) is 12.4 Å². The van der Waals surface area contributed by atoms with Gasteiger partial charge in [0.15, 0.2) is 0 Å². The Bertz CT molecular complexity index is 749. The third kappa shape index (κ3) is 4.45. The molecule has 5 heteroatoms. The zero-order valence-electron chi connectivity index (χ0n) is 15.3. The van der Waals surface area contributed by atoms with E-state index in [4.69, 9.17) is 10.5 Å². The van der Waals surface area contributed by atoms with E-state index in [9.17, 15) is 4.79 Å². The Morgan fingerprint density at radius 3 is 2.37 bits per heavy atom. The minimum absolute atomic E-state index is 0. The van der Waals surface area contributed by atoms with Gasteiger partial charge in [-0.05, 0) is 54.4 Å². The molecule has 0 aliphatic heterocycles.